The second kappa shape index (κ2) is 9.26. The van der Waals surface area contributed by atoms with Crippen LogP contribution < -0.4 is 10.6 Å². The monoisotopic (exact) mass is 414 g/mol. The number of amides is 2. The predicted molar refractivity (Wildman–Crippen MR) is 109 cm³/mol. The van der Waals surface area contributed by atoms with Crippen molar-refractivity contribution in [3.05, 3.63) is 99.6 Å². The number of rotatable bonds is 6. The van der Waals surface area contributed by atoms with E-state index in [9.17, 15) is 9.59 Å². The molecule has 0 aliphatic rings. The van der Waals surface area contributed by atoms with Crippen molar-refractivity contribution < 1.29 is 14.0 Å². The quantitative estimate of drug-likeness (QED) is 0.575. The Hall–Kier alpha value is -3.02. The van der Waals surface area contributed by atoms with E-state index in [1.165, 1.54) is 12.3 Å². The highest BCUT2D eigenvalue weighted by molar-refractivity contribution is 6.42. The molecule has 1 heterocycles. The van der Waals surface area contributed by atoms with Gasteiger partial charge in [-0.3, -0.25) is 9.59 Å². The SMILES string of the molecule is O=C(NCc1ccc(Cl)c(Cl)c1)C(=Cc1ccco1)NC(=O)c1ccccc1. The van der Waals surface area contributed by atoms with Gasteiger partial charge < -0.3 is 15.1 Å². The van der Waals surface area contributed by atoms with Gasteiger partial charge in [-0.15, -0.1) is 0 Å². The lowest BCUT2D eigenvalue weighted by atomic mass is 10.2. The summed E-state index contributed by atoms with van der Waals surface area (Å²) in [5.41, 5.74) is 1.27. The maximum absolute atomic E-state index is 12.7. The fourth-order valence-corrected chi connectivity index (χ4v) is 2.71. The second-order valence-corrected chi connectivity index (χ2v) is 6.64. The van der Waals surface area contributed by atoms with E-state index in [-0.39, 0.29) is 12.2 Å². The van der Waals surface area contributed by atoms with Gasteiger partial charge in [0.1, 0.15) is 11.5 Å². The first kappa shape index (κ1) is 19.7. The Morgan fingerprint density at radius 2 is 1.75 bits per heavy atom. The van der Waals surface area contributed by atoms with E-state index in [2.05, 4.69) is 10.6 Å². The van der Waals surface area contributed by atoms with Gasteiger partial charge in [-0.1, -0.05) is 47.5 Å². The van der Waals surface area contributed by atoms with Gasteiger partial charge in [-0.2, -0.15) is 0 Å². The van der Waals surface area contributed by atoms with Crippen molar-refractivity contribution in [1.29, 1.82) is 0 Å². The number of furan rings is 1. The number of carbonyl (C=O) groups excluding carboxylic acids is 2. The molecule has 0 bridgehead atoms. The van der Waals surface area contributed by atoms with Crippen molar-refractivity contribution in [2.45, 2.75) is 6.54 Å². The van der Waals surface area contributed by atoms with Crippen LogP contribution in [0.5, 0.6) is 0 Å². The van der Waals surface area contributed by atoms with E-state index < -0.39 is 11.8 Å². The van der Waals surface area contributed by atoms with Crippen LogP contribution in [0, 0.1) is 0 Å². The highest BCUT2D eigenvalue weighted by Crippen LogP contribution is 2.22. The molecule has 142 valence electrons. The molecule has 0 saturated carbocycles. The van der Waals surface area contributed by atoms with Crippen LogP contribution in [0.3, 0.4) is 0 Å². The molecule has 0 aliphatic carbocycles. The highest BCUT2D eigenvalue weighted by atomic mass is 35.5. The molecule has 28 heavy (non-hydrogen) atoms. The van der Waals surface area contributed by atoms with Crippen molar-refractivity contribution in [3.8, 4) is 0 Å². The lowest BCUT2D eigenvalue weighted by molar-refractivity contribution is -0.117. The van der Waals surface area contributed by atoms with Crippen molar-refractivity contribution in [1.82, 2.24) is 10.6 Å². The highest BCUT2D eigenvalue weighted by Gasteiger charge is 2.15. The van der Waals surface area contributed by atoms with Crippen molar-refractivity contribution in [3.63, 3.8) is 0 Å². The third-order valence-corrected chi connectivity index (χ3v) is 4.53. The first-order chi connectivity index (χ1) is 13.5. The van der Waals surface area contributed by atoms with E-state index in [1.54, 1.807) is 60.7 Å². The van der Waals surface area contributed by atoms with Gasteiger partial charge in [0.05, 0.1) is 16.3 Å². The third kappa shape index (κ3) is 5.25. The lowest BCUT2D eigenvalue weighted by Gasteiger charge is -2.11. The molecule has 0 aliphatic heterocycles. The third-order valence-electron chi connectivity index (χ3n) is 3.80. The zero-order valence-corrected chi connectivity index (χ0v) is 16.1. The van der Waals surface area contributed by atoms with Crippen LogP contribution in [0.15, 0.2) is 77.0 Å². The Morgan fingerprint density at radius 3 is 2.43 bits per heavy atom. The molecular weight excluding hydrogens is 399 g/mol. The Labute approximate surface area is 172 Å². The molecule has 0 unspecified atom stereocenters. The fourth-order valence-electron chi connectivity index (χ4n) is 2.39. The summed E-state index contributed by atoms with van der Waals surface area (Å²) in [6, 6.07) is 17.1. The minimum absolute atomic E-state index is 0.0591. The molecule has 2 aromatic carbocycles. The van der Waals surface area contributed by atoms with Gasteiger partial charge in [-0.25, -0.2) is 0 Å². The minimum Gasteiger partial charge on any atom is -0.465 e. The average molecular weight is 415 g/mol. The molecule has 3 aromatic rings. The Bertz CT molecular complexity index is 1000. The van der Waals surface area contributed by atoms with Gasteiger partial charge in [0.15, 0.2) is 0 Å². The summed E-state index contributed by atoms with van der Waals surface area (Å²) in [5, 5.41) is 6.22. The summed E-state index contributed by atoms with van der Waals surface area (Å²) in [6.45, 7) is 0.215. The minimum atomic E-state index is -0.466. The zero-order chi connectivity index (χ0) is 19.9. The number of halogens is 2. The van der Waals surface area contributed by atoms with Gasteiger partial charge in [0, 0.05) is 18.2 Å². The van der Waals surface area contributed by atoms with Gasteiger partial charge in [-0.05, 0) is 42.0 Å². The normalized spacial score (nSPS) is 11.1. The summed E-state index contributed by atoms with van der Waals surface area (Å²) in [7, 11) is 0. The summed E-state index contributed by atoms with van der Waals surface area (Å²) in [6.07, 6.45) is 2.95. The van der Waals surface area contributed by atoms with Crippen LogP contribution in [0.2, 0.25) is 10.0 Å². The molecule has 1 aromatic heterocycles. The lowest BCUT2D eigenvalue weighted by Crippen LogP contribution is -2.34. The molecule has 0 radical (unpaired) electrons. The van der Waals surface area contributed by atoms with Crippen LogP contribution in [-0.4, -0.2) is 11.8 Å². The molecule has 0 saturated heterocycles. The number of carbonyl (C=O) groups is 2. The van der Waals surface area contributed by atoms with E-state index in [0.29, 0.717) is 21.4 Å². The van der Waals surface area contributed by atoms with Gasteiger partial charge >= 0.3 is 0 Å². The first-order valence-corrected chi connectivity index (χ1v) is 9.12. The van der Waals surface area contributed by atoms with Gasteiger partial charge in [0.25, 0.3) is 11.8 Å². The summed E-state index contributed by atoms with van der Waals surface area (Å²) >= 11 is 11.9. The number of hydrogen-bond acceptors (Lipinski definition) is 3. The molecular formula is C21H16Cl2N2O3. The maximum atomic E-state index is 12.7. The molecule has 7 heteroatoms. The topological polar surface area (TPSA) is 71.3 Å². The van der Waals surface area contributed by atoms with Crippen LogP contribution >= 0.6 is 23.2 Å². The predicted octanol–water partition coefficient (Wildman–Crippen LogP) is 4.67. The largest absolute Gasteiger partial charge is 0.465 e. The number of hydrogen-bond donors (Lipinski definition) is 2. The van der Waals surface area contributed by atoms with Crippen LogP contribution in [0.25, 0.3) is 6.08 Å². The molecule has 0 spiro atoms. The van der Waals surface area contributed by atoms with Crippen molar-refractivity contribution in [2.24, 2.45) is 0 Å². The summed E-state index contributed by atoms with van der Waals surface area (Å²) < 4.78 is 5.25. The second-order valence-electron chi connectivity index (χ2n) is 5.82. The fraction of sp³-hybridized carbons (Fsp3) is 0.0476. The summed E-state index contributed by atoms with van der Waals surface area (Å²) in [5.74, 6) is -0.428. The van der Waals surface area contributed by atoms with E-state index in [4.69, 9.17) is 27.6 Å². The standard InChI is InChI=1S/C21H16Cl2N2O3/c22-17-9-8-14(11-18(17)23)13-24-21(27)19(12-16-7-4-10-28-16)25-20(26)15-5-2-1-3-6-15/h1-12H,13H2,(H,24,27)(H,25,26). The Kier molecular flexibility index (Phi) is 6.53. The molecule has 5 nitrogen and oxygen atoms in total. The maximum Gasteiger partial charge on any atom is 0.268 e. The van der Waals surface area contributed by atoms with Gasteiger partial charge in [0.2, 0.25) is 0 Å². The van der Waals surface area contributed by atoms with Crippen LogP contribution in [0.1, 0.15) is 21.7 Å². The summed E-state index contributed by atoms with van der Waals surface area (Å²) in [4.78, 5) is 25.1. The molecule has 2 amide bonds. The molecule has 2 N–H and O–H groups in total. The molecule has 0 atom stereocenters. The number of benzene rings is 2. The molecule has 3 rings (SSSR count). The molecule has 0 fully saturated rings. The van der Waals surface area contributed by atoms with Crippen molar-refractivity contribution in [2.75, 3.05) is 0 Å². The van der Waals surface area contributed by atoms with E-state index in [0.717, 1.165) is 5.56 Å². The smallest absolute Gasteiger partial charge is 0.268 e. The van der Waals surface area contributed by atoms with Crippen molar-refractivity contribution >= 4 is 41.1 Å². The number of nitrogens with one attached hydrogen (secondary N) is 2. The van der Waals surface area contributed by atoms with E-state index >= 15 is 0 Å². The first-order valence-electron chi connectivity index (χ1n) is 8.36. The average Bonchev–Trinajstić information content (AvgIpc) is 3.22. The van der Waals surface area contributed by atoms with E-state index in [1.807, 2.05) is 0 Å². The zero-order valence-electron chi connectivity index (χ0n) is 14.6. The Balaban J connectivity index is 1.75. The van der Waals surface area contributed by atoms with Crippen LogP contribution in [0.4, 0.5) is 0 Å². The Morgan fingerprint density at radius 1 is 0.964 bits per heavy atom. The van der Waals surface area contributed by atoms with Crippen LogP contribution in [-0.2, 0) is 11.3 Å².